The van der Waals surface area contributed by atoms with Crippen LogP contribution in [-0.2, 0) is 29.8 Å². The molecule has 0 aliphatic rings. The van der Waals surface area contributed by atoms with Crippen LogP contribution in [-0.4, -0.2) is 118 Å². The highest BCUT2D eigenvalue weighted by molar-refractivity contribution is 7.86. The molecule has 0 spiro atoms. The molecule has 0 radical (unpaired) electrons. The number of rotatable bonds is 17. The van der Waals surface area contributed by atoms with Crippen molar-refractivity contribution in [3.63, 3.8) is 0 Å². The van der Waals surface area contributed by atoms with Gasteiger partial charge >= 0.3 is 11.9 Å². The molecule has 2 atom stereocenters. The van der Waals surface area contributed by atoms with Gasteiger partial charge in [-0.25, -0.2) is 0 Å². The van der Waals surface area contributed by atoms with Crippen LogP contribution in [0.4, 0.5) is 0 Å². The highest BCUT2D eigenvalue weighted by Crippen LogP contribution is 2.42. The van der Waals surface area contributed by atoms with Crippen LogP contribution in [0, 0.1) is 0 Å². The number of nitrogens with zero attached hydrogens (tertiary/aromatic N) is 4. The Balaban J connectivity index is 1.94. The number of phenols is 2. The molecule has 0 saturated heterocycles. The summed E-state index contributed by atoms with van der Waals surface area (Å²) in [5, 5.41) is 42.5. The van der Waals surface area contributed by atoms with Gasteiger partial charge in [-0.15, -0.1) is 0 Å². The van der Waals surface area contributed by atoms with Crippen LogP contribution in [0.15, 0.2) is 82.8 Å². The Kier molecular flexibility index (Phi) is 12.4. The molecule has 2 heterocycles. The van der Waals surface area contributed by atoms with E-state index in [2.05, 4.69) is 9.97 Å². The third-order valence-corrected chi connectivity index (χ3v) is 9.52. The van der Waals surface area contributed by atoms with E-state index in [4.69, 9.17) is 9.47 Å². The minimum Gasteiger partial charge on any atom is -0.506 e. The second kappa shape index (κ2) is 16.3. The second-order valence-corrected chi connectivity index (χ2v) is 13.9. The van der Waals surface area contributed by atoms with Crippen molar-refractivity contribution in [3.05, 3.63) is 95.6 Å². The predicted molar refractivity (Wildman–Crippen MR) is 180 cm³/mol. The van der Waals surface area contributed by atoms with Gasteiger partial charge in [-0.05, 0) is 36.4 Å². The number of pyridine rings is 2. The zero-order valence-corrected chi connectivity index (χ0v) is 29.1. The highest BCUT2D eigenvalue weighted by Gasteiger charge is 2.35. The van der Waals surface area contributed by atoms with Crippen molar-refractivity contribution in [2.45, 2.75) is 21.9 Å². The smallest absolute Gasteiger partial charge is 0.317 e. The Bertz CT molecular complexity index is 1980. The van der Waals surface area contributed by atoms with Gasteiger partial charge in [0.15, 0.2) is 0 Å². The van der Waals surface area contributed by atoms with E-state index in [9.17, 15) is 56.0 Å². The average Bonchev–Trinajstić information content (AvgIpc) is 3.08. The molecule has 0 fully saturated rings. The summed E-state index contributed by atoms with van der Waals surface area (Å²) in [6.45, 7) is -2.35. The van der Waals surface area contributed by atoms with E-state index in [0.717, 1.165) is 12.1 Å². The van der Waals surface area contributed by atoms with Crippen molar-refractivity contribution in [1.29, 1.82) is 0 Å². The van der Waals surface area contributed by atoms with E-state index >= 15 is 0 Å². The lowest BCUT2D eigenvalue weighted by atomic mass is 9.98. The summed E-state index contributed by atoms with van der Waals surface area (Å²) in [7, 11) is -7.71. The molecule has 18 nitrogen and oxygen atoms in total. The van der Waals surface area contributed by atoms with Crippen molar-refractivity contribution in [1.82, 2.24) is 19.8 Å². The number of carboxylic acids is 2. The van der Waals surface area contributed by atoms with Crippen LogP contribution in [0.2, 0.25) is 0 Å². The summed E-state index contributed by atoms with van der Waals surface area (Å²) in [4.78, 5) is 33.8. The summed E-state index contributed by atoms with van der Waals surface area (Å²) in [6.07, 6.45) is 2.71. The Morgan fingerprint density at radius 3 is 1.31 bits per heavy atom. The molecule has 0 aliphatic carbocycles. The maximum absolute atomic E-state index is 12.3. The molecule has 0 aliphatic heterocycles. The number of benzene rings is 2. The monoisotopic (exact) mass is 762 g/mol. The van der Waals surface area contributed by atoms with Gasteiger partial charge in [0.1, 0.15) is 32.8 Å². The predicted octanol–water partition coefficient (Wildman–Crippen LogP) is 2.05. The molecular formula is C32H34N4O14S2. The van der Waals surface area contributed by atoms with Crippen LogP contribution in [0.1, 0.15) is 34.6 Å². The molecule has 4 aromatic rings. The topological polar surface area (TPSA) is 275 Å². The maximum Gasteiger partial charge on any atom is 0.317 e. The van der Waals surface area contributed by atoms with Crippen LogP contribution in [0.25, 0.3) is 0 Å². The summed E-state index contributed by atoms with van der Waals surface area (Å²) in [5.41, 5.74) is -0.298. The number of carboxylic acid groups (broad SMARTS) is 2. The van der Waals surface area contributed by atoms with E-state index in [1.807, 2.05) is 0 Å². The van der Waals surface area contributed by atoms with E-state index in [1.165, 1.54) is 60.7 Å². The SMILES string of the molecule is COc1cc(C(c2ccccn2)N(CCN(CC(=O)O)[C@H](c2ccccn2)c2cc(OC)cc(S(=O)(=O)O)c2O)CC(=O)O)c(O)c(S(=O)(=O)O)c1. The fourth-order valence-corrected chi connectivity index (χ4v) is 6.87. The third kappa shape index (κ3) is 9.29. The first-order chi connectivity index (χ1) is 24.5. The molecule has 6 N–H and O–H groups in total. The van der Waals surface area contributed by atoms with Crippen LogP contribution < -0.4 is 9.47 Å². The van der Waals surface area contributed by atoms with E-state index in [-0.39, 0.29) is 47.1 Å². The van der Waals surface area contributed by atoms with Crippen LogP contribution >= 0.6 is 0 Å². The van der Waals surface area contributed by atoms with E-state index in [1.54, 1.807) is 24.3 Å². The first-order valence-corrected chi connectivity index (χ1v) is 17.8. The molecule has 0 bridgehead atoms. The highest BCUT2D eigenvalue weighted by atomic mass is 32.2. The van der Waals surface area contributed by atoms with Crippen molar-refractivity contribution in [2.24, 2.45) is 0 Å². The van der Waals surface area contributed by atoms with Gasteiger partial charge in [-0.3, -0.25) is 38.5 Å². The number of ether oxygens (including phenoxy) is 2. The number of carbonyl (C=O) groups is 2. The summed E-state index contributed by atoms with van der Waals surface area (Å²) >= 11 is 0. The lowest BCUT2D eigenvalue weighted by Crippen LogP contribution is -2.43. The fourth-order valence-electron chi connectivity index (χ4n) is 5.62. The molecule has 4 rings (SSSR count). The molecule has 2 aromatic heterocycles. The minimum absolute atomic E-state index is 0.0999. The Labute approximate surface area is 297 Å². The van der Waals surface area contributed by atoms with Gasteiger partial charge in [0.25, 0.3) is 20.2 Å². The number of hydrogen-bond donors (Lipinski definition) is 6. The Hall–Kier alpha value is -5.38. The van der Waals surface area contributed by atoms with Gasteiger partial charge in [0.2, 0.25) is 0 Å². The Morgan fingerprint density at radius 1 is 0.673 bits per heavy atom. The lowest BCUT2D eigenvalue weighted by molar-refractivity contribution is -0.140. The van der Waals surface area contributed by atoms with Gasteiger partial charge in [-0.1, -0.05) is 12.1 Å². The van der Waals surface area contributed by atoms with Crippen LogP contribution in [0.5, 0.6) is 23.0 Å². The molecular weight excluding hydrogens is 729 g/mol. The largest absolute Gasteiger partial charge is 0.506 e. The molecule has 0 amide bonds. The van der Waals surface area contributed by atoms with Crippen LogP contribution in [0.3, 0.4) is 0 Å². The van der Waals surface area contributed by atoms with Gasteiger partial charge in [0.05, 0.1) is 50.8 Å². The first kappa shape index (κ1) is 39.4. The van der Waals surface area contributed by atoms with Crippen molar-refractivity contribution < 1.29 is 65.4 Å². The molecule has 20 heteroatoms. The lowest BCUT2D eigenvalue weighted by Gasteiger charge is -2.36. The number of aliphatic carboxylic acids is 2. The average molecular weight is 763 g/mol. The van der Waals surface area contributed by atoms with Gasteiger partial charge < -0.3 is 29.9 Å². The number of hydrogen-bond acceptors (Lipinski definition) is 14. The summed E-state index contributed by atoms with van der Waals surface area (Å²) < 4.78 is 79.3. The number of aromatic nitrogens is 2. The standard InChI is InChI=1S/C32H34N4O14S2/c1-49-19-13-21(31(41)25(15-19)51(43,44)45)29(23-7-3-5-9-33-23)35(17-27(37)38)11-12-36(18-28(39)40)30(24-8-4-6-10-34-24)22-14-20(50-2)16-26(32(22)42)52(46,47)48/h3-10,13-16,29-30,41-42H,11-12,17-18H2,1-2H3,(H,37,38)(H,39,40)(H,43,44,45)(H,46,47,48)/t29-,30?/m0/s1. The van der Waals surface area contributed by atoms with Crippen molar-refractivity contribution in [2.75, 3.05) is 40.4 Å². The van der Waals surface area contributed by atoms with Gasteiger partial charge in [-0.2, -0.15) is 16.8 Å². The molecule has 52 heavy (non-hydrogen) atoms. The Morgan fingerprint density at radius 2 is 1.04 bits per heavy atom. The maximum atomic E-state index is 12.3. The van der Waals surface area contributed by atoms with Crippen molar-refractivity contribution >= 4 is 32.2 Å². The molecule has 278 valence electrons. The van der Waals surface area contributed by atoms with Crippen molar-refractivity contribution in [3.8, 4) is 23.0 Å². The van der Waals surface area contributed by atoms with Gasteiger partial charge in [0, 0.05) is 48.7 Å². The zero-order valence-electron chi connectivity index (χ0n) is 27.5. The second-order valence-electron chi connectivity index (χ2n) is 11.1. The number of methoxy groups -OCH3 is 2. The summed E-state index contributed by atoms with van der Waals surface area (Å²) in [6, 6.07) is 10.5. The van der Waals surface area contributed by atoms with E-state index in [0.29, 0.717) is 0 Å². The normalized spacial score (nSPS) is 13.1. The number of aromatic hydroxyl groups is 2. The molecule has 1 unspecified atom stereocenters. The zero-order chi connectivity index (χ0) is 38.4. The first-order valence-electron chi connectivity index (χ1n) is 15.0. The van der Waals surface area contributed by atoms with E-state index < -0.39 is 78.6 Å². The fraction of sp³-hybridized carbons (Fsp3) is 0.250. The minimum atomic E-state index is -5.05. The third-order valence-electron chi connectivity index (χ3n) is 7.79. The molecule has 2 aromatic carbocycles. The number of phenolic OH excluding ortho intramolecular Hbond substituents is 2. The quantitative estimate of drug-likeness (QED) is 0.0840. The molecule has 0 saturated carbocycles. The summed E-state index contributed by atoms with van der Waals surface area (Å²) in [5.74, 6) is -4.95.